The van der Waals surface area contributed by atoms with E-state index in [1.165, 1.54) is 16.2 Å². The van der Waals surface area contributed by atoms with Crippen LogP contribution in [0.25, 0.3) is 0 Å². The topological polar surface area (TPSA) is 76.0 Å². The van der Waals surface area contributed by atoms with Gasteiger partial charge in [0, 0.05) is 29.0 Å². The number of halogens is 1. The second-order valence-electron chi connectivity index (χ2n) is 6.94. The highest BCUT2D eigenvalue weighted by Crippen LogP contribution is 2.18. The van der Waals surface area contributed by atoms with Crippen molar-refractivity contribution < 1.29 is 4.79 Å². The predicted octanol–water partition coefficient (Wildman–Crippen LogP) is 3.88. The Kier molecular flexibility index (Phi) is 6.34. The van der Waals surface area contributed by atoms with Crippen molar-refractivity contribution in [1.29, 1.82) is 0 Å². The Morgan fingerprint density at radius 3 is 2.55 bits per heavy atom. The van der Waals surface area contributed by atoms with Crippen LogP contribution in [0.1, 0.15) is 22.4 Å². The molecule has 0 fully saturated rings. The molecular weight excluding hydrogens is 388 g/mol. The van der Waals surface area contributed by atoms with Crippen molar-refractivity contribution in [2.24, 2.45) is 0 Å². The summed E-state index contributed by atoms with van der Waals surface area (Å²) in [6.07, 6.45) is 0. The first-order chi connectivity index (χ1) is 13.8. The molecule has 6 nitrogen and oxygen atoms in total. The van der Waals surface area contributed by atoms with Crippen molar-refractivity contribution in [3.8, 4) is 0 Å². The number of aromatic nitrogens is 2. The minimum atomic E-state index is -0.305. The van der Waals surface area contributed by atoms with Crippen LogP contribution in [0.3, 0.4) is 0 Å². The van der Waals surface area contributed by atoms with Crippen LogP contribution in [0.4, 0.5) is 11.6 Å². The first kappa shape index (κ1) is 20.6. The molecule has 3 aromatic rings. The van der Waals surface area contributed by atoms with Gasteiger partial charge in [0.25, 0.3) is 5.56 Å². The monoisotopic (exact) mass is 410 g/mol. The molecule has 0 aliphatic heterocycles. The van der Waals surface area contributed by atoms with Gasteiger partial charge in [0.1, 0.15) is 6.54 Å². The summed E-state index contributed by atoms with van der Waals surface area (Å²) in [4.78, 5) is 29.4. The van der Waals surface area contributed by atoms with Gasteiger partial charge in [-0.25, -0.2) is 4.98 Å². The molecule has 0 atom stereocenters. The molecule has 0 aliphatic rings. The number of nitrogens with zero attached hydrogens (tertiary/aromatic N) is 2. The third-order valence-electron chi connectivity index (χ3n) is 4.63. The molecule has 29 heavy (non-hydrogen) atoms. The Hall–Kier alpha value is -3.12. The molecule has 2 N–H and O–H groups in total. The van der Waals surface area contributed by atoms with Crippen molar-refractivity contribution in [2.45, 2.75) is 33.9 Å². The number of carbonyl (C=O) groups is 1. The quantitative estimate of drug-likeness (QED) is 0.646. The molecule has 0 bridgehead atoms. The number of nitrogens with one attached hydrogen (secondary N) is 2. The maximum absolute atomic E-state index is 12.5. The molecule has 0 saturated carbocycles. The average Bonchev–Trinajstić information content (AvgIpc) is 2.67. The molecule has 0 unspecified atom stereocenters. The summed E-state index contributed by atoms with van der Waals surface area (Å²) in [5.74, 6) is 0.0203. The Labute approximate surface area is 174 Å². The normalized spacial score (nSPS) is 10.6. The lowest BCUT2D eigenvalue weighted by Gasteiger charge is -2.15. The summed E-state index contributed by atoms with van der Waals surface area (Å²) < 4.78 is 1.32. The van der Waals surface area contributed by atoms with E-state index >= 15 is 0 Å². The van der Waals surface area contributed by atoms with E-state index in [0.29, 0.717) is 16.7 Å². The molecule has 3 rings (SSSR count). The summed E-state index contributed by atoms with van der Waals surface area (Å²) in [6.45, 7) is 5.92. The highest BCUT2D eigenvalue weighted by Gasteiger charge is 2.12. The van der Waals surface area contributed by atoms with Gasteiger partial charge in [-0.15, -0.1) is 0 Å². The fourth-order valence-corrected chi connectivity index (χ4v) is 3.05. The number of amides is 1. The largest absolute Gasteiger partial charge is 0.350 e. The van der Waals surface area contributed by atoms with Gasteiger partial charge in [-0.05, 0) is 55.7 Å². The van der Waals surface area contributed by atoms with Crippen LogP contribution in [0.5, 0.6) is 0 Å². The summed E-state index contributed by atoms with van der Waals surface area (Å²) in [5, 5.41) is 6.54. The zero-order valence-corrected chi connectivity index (χ0v) is 17.4. The summed E-state index contributed by atoms with van der Waals surface area (Å²) in [5.41, 5.74) is 4.19. The molecule has 1 amide bonds. The number of carbonyl (C=O) groups excluding carboxylic acids is 1. The average molecular weight is 411 g/mol. The summed E-state index contributed by atoms with van der Waals surface area (Å²) in [7, 11) is 0. The minimum absolute atomic E-state index is 0.149. The van der Waals surface area contributed by atoms with E-state index in [-0.39, 0.29) is 24.6 Å². The van der Waals surface area contributed by atoms with Crippen LogP contribution in [0.2, 0.25) is 5.02 Å². The molecule has 0 spiro atoms. The van der Waals surface area contributed by atoms with E-state index in [4.69, 9.17) is 11.6 Å². The number of rotatable bonds is 6. The van der Waals surface area contributed by atoms with Crippen molar-refractivity contribution in [2.75, 3.05) is 5.32 Å². The molecular formula is C22H23ClN4O2. The predicted molar refractivity (Wildman–Crippen MR) is 116 cm³/mol. The van der Waals surface area contributed by atoms with Crippen LogP contribution in [-0.4, -0.2) is 15.5 Å². The van der Waals surface area contributed by atoms with E-state index in [9.17, 15) is 9.59 Å². The number of hydrogen-bond acceptors (Lipinski definition) is 4. The van der Waals surface area contributed by atoms with Gasteiger partial charge in [0.2, 0.25) is 11.9 Å². The number of aryl methyl sites for hydroxylation is 3. The van der Waals surface area contributed by atoms with Crippen LogP contribution in [-0.2, 0) is 17.9 Å². The van der Waals surface area contributed by atoms with Crippen LogP contribution < -0.4 is 16.2 Å². The minimum Gasteiger partial charge on any atom is -0.350 e. The van der Waals surface area contributed by atoms with Crippen molar-refractivity contribution in [3.05, 3.63) is 86.3 Å². The lowest BCUT2D eigenvalue weighted by Crippen LogP contribution is -2.33. The molecule has 7 heteroatoms. The molecule has 150 valence electrons. The smallest absolute Gasteiger partial charge is 0.255 e. The fraction of sp³-hybridized carbons (Fsp3) is 0.227. The highest BCUT2D eigenvalue weighted by molar-refractivity contribution is 6.31. The highest BCUT2D eigenvalue weighted by atomic mass is 35.5. The van der Waals surface area contributed by atoms with Gasteiger partial charge in [0.05, 0.1) is 0 Å². The SMILES string of the molecule is Cc1cc(=O)n(CC(=O)NCc2ccccc2Cl)c(Nc2ccc(C)c(C)c2)n1. The van der Waals surface area contributed by atoms with Gasteiger partial charge in [-0.1, -0.05) is 35.9 Å². The standard InChI is InChI=1S/C22H23ClN4O2/c1-14-8-9-18(10-15(14)2)26-22-25-16(3)11-21(29)27(22)13-20(28)24-12-17-6-4-5-7-19(17)23/h4-11H,12-13H2,1-3H3,(H,24,28)(H,25,26). The van der Waals surface area contributed by atoms with Gasteiger partial charge in [0.15, 0.2) is 0 Å². The van der Waals surface area contributed by atoms with Gasteiger partial charge >= 0.3 is 0 Å². The Morgan fingerprint density at radius 1 is 1.07 bits per heavy atom. The maximum atomic E-state index is 12.5. The fourth-order valence-electron chi connectivity index (χ4n) is 2.85. The van der Waals surface area contributed by atoms with Crippen molar-refractivity contribution in [3.63, 3.8) is 0 Å². The van der Waals surface area contributed by atoms with Crippen molar-refractivity contribution in [1.82, 2.24) is 14.9 Å². The van der Waals surface area contributed by atoms with Gasteiger partial charge < -0.3 is 10.6 Å². The van der Waals surface area contributed by atoms with Gasteiger partial charge in [-0.2, -0.15) is 0 Å². The Morgan fingerprint density at radius 2 is 1.83 bits per heavy atom. The molecule has 0 radical (unpaired) electrons. The second-order valence-corrected chi connectivity index (χ2v) is 7.34. The lowest BCUT2D eigenvalue weighted by atomic mass is 10.1. The molecule has 2 aromatic carbocycles. The third kappa shape index (κ3) is 5.23. The summed E-state index contributed by atoms with van der Waals surface area (Å²) in [6, 6.07) is 14.6. The third-order valence-corrected chi connectivity index (χ3v) is 5.00. The Balaban J connectivity index is 1.79. The van der Waals surface area contributed by atoms with Crippen molar-refractivity contribution >= 4 is 29.1 Å². The van der Waals surface area contributed by atoms with E-state index in [1.807, 2.05) is 50.2 Å². The molecule has 0 saturated heterocycles. The number of benzene rings is 2. The molecule has 1 aromatic heterocycles. The first-order valence-electron chi connectivity index (χ1n) is 9.26. The van der Waals surface area contributed by atoms with Crippen LogP contribution in [0.15, 0.2) is 53.3 Å². The maximum Gasteiger partial charge on any atom is 0.255 e. The van der Waals surface area contributed by atoms with Crippen LogP contribution >= 0.6 is 11.6 Å². The van der Waals surface area contributed by atoms with E-state index in [0.717, 1.165) is 16.8 Å². The summed E-state index contributed by atoms with van der Waals surface area (Å²) >= 11 is 6.12. The first-order valence-corrected chi connectivity index (χ1v) is 9.64. The van der Waals surface area contributed by atoms with Crippen LogP contribution in [0, 0.1) is 20.8 Å². The second kappa shape index (κ2) is 8.92. The molecule has 1 heterocycles. The zero-order chi connectivity index (χ0) is 21.0. The number of anilines is 2. The van der Waals surface area contributed by atoms with E-state index in [1.54, 1.807) is 13.0 Å². The van der Waals surface area contributed by atoms with Gasteiger partial charge in [-0.3, -0.25) is 14.2 Å². The van der Waals surface area contributed by atoms with E-state index < -0.39 is 0 Å². The number of hydrogen-bond donors (Lipinski definition) is 2. The molecule has 0 aliphatic carbocycles. The van der Waals surface area contributed by atoms with E-state index in [2.05, 4.69) is 15.6 Å². The zero-order valence-electron chi connectivity index (χ0n) is 16.6. The lowest BCUT2D eigenvalue weighted by molar-refractivity contribution is -0.121. The Bertz CT molecular complexity index is 1110.